The van der Waals surface area contributed by atoms with E-state index in [0.717, 1.165) is 32.2 Å². The van der Waals surface area contributed by atoms with Crippen LogP contribution in [0.3, 0.4) is 0 Å². The molecule has 0 spiro atoms. The number of Topliss-reactive ketones (excluding diaryl/α,β-unsaturated/α-hetero) is 1. The maximum Gasteiger partial charge on any atom is 0.152 e. The Kier molecular flexibility index (Phi) is 15.4. The van der Waals surface area contributed by atoms with Gasteiger partial charge in [-0.1, -0.05) is 57.6 Å². The van der Waals surface area contributed by atoms with Crippen LogP contribution in [0.5, 0.6) is 0 Å². The first kappa shape index (κ1) is 24.8. The second-order valence-corrected chi connectivity index (χ2v) is 7.24. The summed E-state index contributed by atoms with van der Waals surface area (Å²) in [5.74, 6) is 0.338. The van der Waals surface area contributed by atoms with Crippen molar-refractivity contribution in [2.45, 2.75) is 90.2 Å². The van der Waals surface area contributed by atoms with Gasteiger partial charge < -0.3 is 5.11 Å². The van der Waals surface area contributed by atoms with Crippen LogP contribution >= 0.6 is 0 Å². The van der Waals surface area contributed by atoms with Gasteiger partial charge in [-0.2, -0.15) is 0 Å². The Morgan fingerprint density at radius 3 is 2.25 bits per heavy atom. The summed E-state index contributed by atoms with van der Waals surface area (Å²) in [6, 6.07) is -0.337. The number of allylic oxidation sites excluding steroid dienone is 2. The first-order valence-electron chi connectivity index (χ1n) is 9.60. The summed E-state index contributed by atoms with van der Waals surface area (Å²) in [6.07, 6.45) is 14.6. The molecule has 137 valence electrons. The summed E-state index contributed by atoms with van der Waals surface area (Å²) in [7, 11) is 2.01. The molecule has 1 saturated heterocycles. The summed E-state index contributed by atoms with van der Waals surface area (Å²) in [5, 5.41) is 10.8. The van der Waals surface area contributed by atoms with Gasteiger partial charge in [-0.05, 0) is 45.7 Å². The fourth-order valence-corrected chi connectivity index (χ4v) is 3.51. The minimum atomic E-state index is -0.575. The number of hydrogen-bond donors (Lipinski definition) is 1. The summed E-state index contributed by atoms with van der Waals surface area (Å²) >= 11 is 0. The molecule has 1 fully saturated rings. The largest absolute Gasteiger partial charge is 0.391 e. The number of carbonyl (C=O) groups excluding carboxylic acids is 1. The van der Waals surface area contributed by atoms with E-state index >= 15 is 0 Å². The topological polar surface area (TPSA) is 40.5 Å². The zero-order valence-electron chi connectivity index (χ0n) is 16.0. The summed E-state index contributed by atoms with van der Waals surface area (Å²) in [5.41, 5.74) is 0. The van der Waals surface area contributed by atoms with Crippen molar-refractivity contribution in [3.63, 3.8) is 0 Å². The Morgan fingerprint density at radius 2 is 1.67 bits per heavy atom. The molecule has 1 rings (SSSR count). The third-order valence-corrected chi connectivity index (χ3v) is 5.14. The normalized spacial score (nSPS) is 25.2. The van der Waals surface area contributed by atoms with E-state index in [4.69, 9.17) is 0 Å². The zero-order chi connectivity index (χ0) is 17.1. The molecular formula is C20H37AcNO2. The second kappa shape index (κ2) is 14.9. The molecule has 1 heterocycles. The number of hydrogen-bond acceptors (Lipinski definition) is 3. The Morgan fingerprint density at radius 1 is 1.12 bits per heavy atom. The van der Waals surface area contributed by atoms with Gasteiger partial charge in [0.05, 0.1) is 12.1 Å². The third-order valence-electron chi connectivity index (χ3n) is 5.14. The van der Waals surface area contributed by atoms with Crippen LogP contribution < -0.4 is 0 Å². The van der Waals surface area contributed by atoms with Crippen molar-refractivity contribution < 1.29 is 54.0 Å². The van der Waals surface area contributed by atoms with Gasteiger partial charge in [0, 0.05) is 50.5 Å². The SMILES string of the molecule is C/C=C/C[C@@H](C)C(O)[C@H]1C(=O)CCCCCCCCCCN1C.[Ac]. The van der Waals surface area contributed by atoms with E-state index in [0.29, 0.717) is 6.42 Å². The molecule has 0 aromatic carbocycles. The van der Waals surface area contributed by atoms with Crippen LogP contribution in [0.2, 0.25) is 0 Å². The van der Waals surface area contributed by atoms with E-state index in [2.05, 4.69) is 11.0 Å². The molecule has 0 aromatic heterocycles. The van der Waals surface area contributed by atoms with Gasteiger partial charge >= 0.3 is 0 Å². The number of likely N-dealkylation sites (N-methyl/N-ethyl adjacent to an activating group) is 1. The Balaban J connectivity index is 0.00000529. The fraction of sp³-hybridized carbons (Fsp3) is 0.850. The molecule has 3 atom stereocenters. The van der Waals surface area contributed by atoms with Crippen LogP contribution in [0.4, 0.5) is 0 Å². The molecule has 0 saturated carbocycles. The van der Waals surface area contributed by atoms with Gasteiger partial charge in [0.25, 0.3) is 0 Å². The number of aliphatic hydroxyl groups is 1. The molecule has 1 aliphatic heterocycles. The van der Waals surface area contributed by atoms with Gasteiger partial charge in [0.1, 0.15) is 0 Å². The van der Waals surface area contributed by atoms with Crippen molar-refractivity contribution in [3.8, 4) is 0 Å². The van der Waals surface area contributed by atoms with Crippen LogP contribution in [0.25, 0.3) is 0 Å². The first-order valence-corrected chi connectivity index (χ1v) is 9.60. The van der Waals surface area contributed by atoms with Crippen LogP contribution in [-0.4, -0.2) is 41.5 Å². The van der Waals surface area contributed by atoms with Crippen LogP contribution in [0, 0.1) is 50.0 Å². The molecular weight excluding hydrogens is 513 g/mol. The van der Waals surface area contributed by atoms with Crippen LogP contribution in [0.1, 0.15) is 78.1 Å². The monoisotopic (exact) mass is 550 g/mol. The predicted octanol–water partition coefficient (Wildman–Crippen LogP) is 4.34. The first-order chi connectivity index (χ1) is 11.1. The average molecular weight is 551 g/mol. The number of carbonyl (C=O) groups is 1. The van der Waals surface area contributed by atoms with E-state index in [1.165, 1.54) is 32.1 Å². The number of rotatable bonds is 4. The van der Waals surface area contributed by atoms with Gasteiger partial charge in [0.15, 0.2) is 5.78 Å². The standard InChI is InChI=1S/C20H37NO2.Ac/c1-4-5-14-17(2)20(23)19-18(22)15-12-10-8-6-7-9-11-13-16-21(19)3;/h4-5,17,19-20,23H,6-16H2,1-3H3;/b5-4+;/t17-,19-,20?;/m1./s1. The van der Waals surface area contributed by atoms with Crippen molar-refractivity contribution in [1.82, 2.24) is 4.90 Å². The molecule has 0 aliphatic carbocycles. The van der Waals surface area contributed by atoms with Crippen molar-refractivity contribution in [2.75, 3.05) is 13.6 Å². The molecule has 4 heteroatoms. The Labute approximate surface area is 185 Å². The van der Waals surface area contributed by atoms with Crippen molar-refractivity contribution in [2.24, 2.45) is 5.92 Å². The van der Waals surface area contributed by atoms with Crippen molar-refractivity contribution in [1.29, 1.82) is 0 Å². The zero-order valence-corrected chi connectivity index (χ0v) is 20.8. The average Bonchev–Trinajstić information content (AvgIpc) is 2.55. The number of ketones is 1. The maximum atomic E-state index is 12.7. The molecule has 1 unspecified atom stereocenters. The molecule has 0 bridgehead atoms. The number of nitrogens with zero attached hydrogens (tertiary/aromatic N) is 1. The smallest absolute Gasteiger partial charge is 0.152 e. The Hall–Kier alpha value is 0.772. The second-order valence-electron chi connectivity index (χ2n) is 7.24. The molecule has 3 nitrogen and oxygen atoms in total. The molecule has 1 N–H and O–H groups in total. The maximum absolute atomic E-state index is 12.7. The third kappa shape index (κ3) is 9.46. The Bertz CT molecular complexity index is 360. The summed E-state index contributed by atoms with van der Waals surface area (Å²) < 4.78 is 0. The van der Waals surface area contributed by atoms with Gasteiger partial charge in [-0.25, -0.2) is 0 Å². The van der Waals surface area contributed by atoms with Crippen molar-refractivity contribution >= 4 is 5.78 Å². The predicted molar refractivity (Wildman–Crippen MR) is 97.6 cm³/mol. The van der Waals surface area contributed by atoms with Crippen LogP contribution in [-0.2, 0) is 4.79 Å². The molecule has 1 aliphatic rings. The molecule has 1 radical (unpaired) electrons. The summed E-state index contributed by atoms with van der Waals surface area (Å²) in [4.78, 5) is 14.8. The van der Waals surface area contributed by atoms with E-state index in [-0.39, 0.29) is 61.8 Å². The van der Waals surface area contributed by atoms with Gasteiger partial charge in [0.2, 0.25) is 0 Å². The van der Waals surface area contributed by atoms with Crippen molar-refractivity contribution in [3.05, 3.63) is 12.2 Å². The van der Waals surface area contributed by atoms with E-state index in [1.54, 1.807) is 0 Å². The minimum absolute atomic E-state index is 0. The summed E-state index contributed by atoms with van der Waals surface area (Å²) in [6.45, 7) is 4.95. The van der Waals surface area contributed by atoms with E-state index in [1.807, 2.05) is 27.0 Å². The quantitative estimate of drug-likeness (QED) is 0.530. The fourth-order valence-electron chi connectivity index (χ4n) is 3.51. The van der Waals surface area contributed by atoms with Crippen LogP contribution in [0.15, 0.2) is 12.2 Å². The van der Waals surface area contributed by atoms with E-state index < -0.39 is 6.10 Å². The van der Waals surface area contributed by atoms with E-state index in [9.17, 15) is 9.90 Å². The molecule has 24 heavy (non-hydrogen) atoms. The molecule has 0 amide bonds. The number of aliphatic hydroxyl groups excluding tert-OH is 1. The minimum Gasteiger partial charge on any atom is -0.391 e. The molecule has 0 aromatic rings. The van der Waals surface area contributed by atoms with Gasteiger partial charge in [-0.15, -0.1) is 0 Å². The van der Waals surface area contributed by atoms with Gasteiger partial charge in [-0.3, -0.25) is 9.69 Å².